The summed E-state index contributed by atoms with van der Waals surface area (Å²) in [6.07, 6.45) is 3.86. The summed E-state index contributed by atoms with van der Waals surface area (Å²) in [6.45, 7) is 6.73. The van der Waals surface area contributed by atoms with E-state index in [-0.39, 0.29) is 5.41 Å². The maximum Gasteiger partial charge on any atom is 0.191 e. The molecule has 5 nitrogen and oxygen atoms in total. The van der Waals surface area contributed by atoms with Gasteiger partial charge in [0.2, 0.25) is 0 Å². The SMILES string of the molecule is CN=C(NCc1nccn1Cc1ccccc1)NCC(C)(C)c1cccs1. The third-order valence-corrected chi connectivity index (χ3v) is 5.76. The first-order valence-corrected chi connectivity index (χ1v) is 9.99. The Kier molecular flexibility index (Phi) is 6.29. The lowest BCUT2D eigenvalue weighted by Gasteiger charge is -2.25. The highest BCUT2D eigenvalue weighted by molar-refractivity contribution is 7.10. The summed E-state index contributed by atoms with van der Waals surface area (Å²) in [5, 5.41) is 8.93. The lowest BCUT2D eigenvalue weighted by atomic mass is 9.91. The quantitative estimate of drug-likeness (QED) is 0.485. The van der Waals surface area contributed by atoms with E-state index in [2.05, 4.69) is 80.8 Å². The van der Waals surface area contributed by atoms with Crippen molar-refractivity contribution in [1.82, 2.24) is 20.2 Å². The van der Waals surface area contributed by atoms with Crippen LogP contribution in [0.5, 0.6) is 0 Å². The highest BCUT2D eigenvalue weighted by atomic mass is 32.1. The van der Waals surface area contributed by atoms with Crippen molar-refractivity contribution in [3.8, 4) is 0 Å². The molecule has 0 spiro atoms. The normalized spacial score (nSPS) is 12.2. The highest BCUT2D eigenvalue weighted by Gasteiger charge is 2.22. The average Bonchev–Trinajstić information content (AvgIpc) is 3.35. The Morgan fingerprint density at radius 2 is 1.96 bits per heavy atom. The van der Waals surface area contributed by atoms with Gasteiger partial charge < -0.3 is 15.2 Å². The lowest BCUT2D eigenvalue weighted by molar-refractivity contribution is 0.517. The van der Waals surface area contributed by atoms with Crippen LogP contribution in [0.3, 0.4) is 0 Å². The number of aromatic nitrogens is 2. The monoisotopic (exact) mass is 381 g/mol. The van der Waals surface area contributed by atoms with Crippen molar-refractivity contribution in [3.63, 3.8) is 0 Å². The van der Waals surface area contributed by atoms with Gasteiger partial charge in [-0.1, -0.05) is 50.2 Å². The molecule has 0 unspecified atom stereocenters. The van der Waals surface area contributed by atoms with Gasteiger partial charge in [0.1, 0.15) is 5.82 Å². The Labute approximate surface area is 165 Å². The molecule has 0 amide bonds. The van der Waals surface area contributed by atoms with E-state index >= 15 is 0 Å². The number of hydrogen-bond donors (Lipinski definition) is 2. The minimum Gasteiger partial charge on any atom is -0.356 e. The van der Waals surface area contributed by atoms with Crippen LogP contribution >= 0.6 is 11.3 Å². The summed E-state index contributed by atoms with van der Waals surface area (Å²) in [5.74, 6) is 1.77. The third-order valence-electron chi connectivity index (χ3n) is 4.52. The van der Waals surface area contributed by atoms with Crippen LogP contribution in [0.4, 0.5) is 0 Å². The van der Waals surface area contributed by atoms with E-state index in [9.17, 15) is 0 Å². The fourth-order valence-corrected chi connectivity index (χ4v) is 3.72. The molecule has 2 N–H and O–H groups in total. The molecule has 0 aliphatic carbocycles. The van der Waals surface area contributed by atoms with Crippen molar-refractivity contribution < 1.29 is 0 Å². The van der Waals surface area contributed by atoms with Crippen LogP contribution in [0, 0.1) is 0 Å². The molecule has 2 aromatic heterocycles. The van der Waals surface area contributed by atoms with Crippen molar-refractivity contribution in [2.45, 2.75) is 32.4 Å². The number of benzene rings is 1. The number of guanidine groups is 1. The zero-order chi connectivity index (χ0) is 19.1. The number of hydrogen-bond acceptors (Lipinski definition) is 3. The first-order chi connectivity index (χ1) is 13.1. The molecule has 0 aliphatic rings. The van der Waals surface area contributed by atoms with Gasteiger partial charge in [0, 0.05) is 42.8 Å². The largest absolute Gasteiger partial charge is 0.356 e. The summed E-state index contributed by atoms with van der Waals surface area (Å²) in [6, 6.07) is 14.7. The molecule has 27 heavy (non-hydrogen) atoms. The number of imidazole rings is 1. The maximum atomic E-state index is 4.49. The Balaban J connectivity index is 1.55. The van der Waals surface area contributed by atoms with Crippen molar-refractivity contribution in [2.75, 3.05) is 13.6 Å². The summed E-state index contributed by atoms with van der Waals surface area (Å²) >= 11 is 1.79. The molecule has 0 radical (unpaired) electrons. The number of aliphatic imine (C=N–C) groups is 1. The molecule has 6 heteroatoms. The molecule has 1 aromatic carbocycles. The minimum atomic E-state index is 0.0531. The van der Waals surface area contributed by atoms with Crippen LogP contribution in [-0.4, -0.2) is 29.1 Å². The van der Waals surface area contributed by atoms with E-state index in [4.69, 9.17) is 0 Å². The van der Waals surface area contributed by atoms with Crippen molar-refractivity contribution in [3.05, 3.63) is 76.5 Å². The van der Waals surface area contributed by atoms with Gasteiger partial charge in [-0.2, -0.15) is 0 Å². The molecule has 2 heterocycles. The topological polar surface area (TPSA) is 54.2 Å². The Hall–Kier alpha value is -2.60. The minimum absolute atomic E-state index is 0.0531. The van der Waals surface area contributed by atoms with Gasteiger partial charge in [-0.25, -0.2) is 4.98 Å². The molecular formula is C21H27N5S. The molecule has 0 saturated heterocycles. The van der Waals surface area contributed by atoms with E-state index in [1.54, 1.807) is 18.4 Å². The average molecular weight is 382 g/mol. The molecule has 0 aliphatic heterocycles. The predicted molar refractivity (Wildman–Crippen MR) is 113 cm³/mol. The van der Waals surface area contributed by atoms with Crippen LogP contribution in [0.1, 0.15) is 30.1 Å². The molecule has 0 fully saturated rings. The van der Waals surface area contributed by atoms with Crippen molar-refractivity contribution >= 4 is 17.3 Å². The van der Waals surface area contributed by atoms with Crippen molar-refractivity contribution in [1.29, 1.82) is 0 Å². The number of nitrogens with one attached hydrogen (secondary N) is 2. The van der Waals surface area contributed by atoms with Crippen LogP contribution in [0.25, 0.3) is 0 Å². The first-order valence-electron chi connectivity index (χ1n) is 9.11. The van der Waals surface area contributed by atoms with E-state index < -0.39 is 0 Å². The Morgan fingerprint density at radius 1 is 1.15 bits per heavy atom. The second-order valence-electron chi connectivity index (χ2n) is 7.10. The fraction of sp³-hybridized carbons (Fsp3) is 0.333. The summed E-state index contributed by atoms with van der Waals surface area (Å²) < 4.78 is 2.16. The van der Waals surface area contributed by atoms with Gasteiger partial charge >= 0.3 is 0 Å². The van der Waals surface area contributed by atoms with Gasteiger partial charge in [0.25, 0.3) is 0 Å². The lowest BCUT2D eigenvalue weighted by Crippen LogP contribution is -2.43. The Bertz CT molecular complexity index is 850. The van der Waals surface area contributed by atoms with Crippen LogP contribution in [0.15, 0.2) is 65.2 Å². The summed E-state index contributed by atoms with van der Waals surface area (Å²) in [5.41, 5.74) is 1.31. The number of thiophene rings is 1. The maximum absolute atomic E-state index is 4.49. The van der Waals surface area contributed by atoms with Gasteiger partial charge in [-0.05, 0) is 17.0 Å². The zero-order valence-corrected chi connectivity index (χ0v) is 17.0. The zero-order valence-electron chi connectivity index (χ0n) is 16.1. The third kappa shape index (κ3) is 5.20. The van der Waals surface area contributed by atoms with E-state index in [1.807, 2.05) is 18.5 Å². The molecule has 3 aromatic rings. The van der Waals surface area contributed by atoms with E-state index in [0.29, 0.717) is 6.54 Å². The standard InChI is InChI=1S/C21H27N5S/c1-21(2,18-10-7-13-27-18)16-25-20(22-3)24-14-19-23-11-12-26(19)15-17-8-5-4-6-9-17/h4-13H,14-16H2,1-3H3,(H2,22,24,25). The second kappa shape index (κ2) is 8.86. The smallest absolute Gasteiger partial charge is 0.191 e. The van der Waals surface area contributed by atoms with Crippen molar-refractivity contribution in [2.24, 2.45) is 4.99 Å². The predicted octanol–water partition coefficient (Wildman–Crippen LogP) is 3.64. The Morgan fingerprint density at radius 3 is 2.67 bits per heavy atom. The van der Waals surface area contributed by atoms with Crippen LogP contribution in [-0.2, 0) is 18.5 Å². The summed E-state index contributed by atoms with van der Waals surface area (Å²) in [7, 11) is 1.80. The molecule has 0 bridgehead atoms. The molecule has 142 valence electrons. The van der Waals surface area contributed by atoms with Gasteiger partial charge in [-0.15, -0.1) is 11.3 Å². The first kappa shape index (κ1) is 19.2. The highest BCUT2D eigenvalue weighted by Crippen LogP contribution is 2.26. The van der Waals surface area contributed by atoms with Gasteiger partial charge in [-0.3, -0.25) is 4.99 Å². The van der Waals surface area contributed by atoms with Crippen LogP contribution < -0.4 is 10.6 Å². The molecule has 3 rings (SSSR count). The summed E-state index contributed by atoms with van der Waals surface area (Å²) in [4.78, 5) is 10.2. The van der Waals surface area contributed by atoms with Crippen LogP contribution in [0.2, 0.25) is 0 Å². The molecule has 0 saturated carbocycles. The number of nitrogens with zero attached hydrogens (tertiary/aromatic N) is 3. The fourth-order valence-electron chi connectivity index (χ4n) is 2.87. The van der Waals surface area contributed by atoms with Gasteiger partial charge in [0.15, 0.2) is 5.96 Å². The van der Waals surface area contributed by atoms with E-state index in [1.165, 1.54) is 10.4 Å². The van der Waals surface area contributed by atoms with Gasteiger partial charge in [0.05, 0.1) is 6.54 Å². The molecule has 0 atom stereocenters. The molecular weight excluding hydrogens is 354 g/mol. The second-order valence-corrected chi connectivity index (χ2v) is 8.05. The number of rotatable bonds is 7. The van der Waals surface area contributed by atoms with E-state index in [0.717, 1.165) is 24.9 Å².